The van der Waals surface area contributed by atoms with Gasteiger partial charge in [0.25, 0.3) is 0 Å². The van der Waals surface area contributed by atoms with Gasteiger partial charge >= 0.3 is 5.97 Å². The van der Waals surface area contributed by atoms with Crippen LogP contribution in [-0.2, 0) is 11.2 Å². The molecule has 1 aliphatic carbocycles. The number of hydrogen-bond acceptors (Lipinski definition) is 5. The van der Waals surface area contributed by atoms with Gasteiger partial charge in [0.15, 0.2) is 11.5 Å². The summed E-state index contributed by atoms with van der Waals surface area (Å²) in [6, 6.07) is 2.18. The molecular weight excluding hydrogens is 274 g/mol. The number of rotatable bonds is 2. The summed E-state index contributed by atoms with van der Waals surface area (Å²) in [7, 11) is 1.36. The first kappa shape index (κ1) is 13.2. The molecule has 1 atom stereocenters. The number of esters is 1. The van der Waals surface area contributed by atoms with Crippen molar-refractivity contribution in [2.24, 2.45) is 5.41 Å². The van der Waals surface area contributed by atoms with Crippen LogP contribution in [0.4, 0.5) is 5.82 Å². The predicted molar refractivity (Wildman–Crippen MR) is 77.9 cm³/mol. The van der Waals surface area contributed by atoms with Gasteiger partial charge in [0.05, 0.1) is 19.5 Å². The molecule has 0 amide bonds. The molecule has 3 rings (SSSR count). The summed E-state index contributed by atoms with van der Waals surface area (Å²) < 4.78 is 6.70. The number of aromatic nitrogens is 2. The highest BCUT2D eigenvalue weighted by atomic mass is 32.1. The van der Waals surface area contributed by atoms with E-state index in [0.717, 1.165) is 6.42 Å². The van der Waals surface area contributed by atoms with Crippen molar-refractivity contribution in [2.75, 3.05) is 12.8 Å². The van der Waals surface area contributed by atoms with Crippen LogP contribution in [0, 0.1) is 5.41 Å². The van der Waals surface area contributed by atoms with Gasteiger partial charge in [-0.25, -0.2) is 9.78 Å². The van der Waals surface area contributed by atoms with Crippen molar-refractivity contribution in [1.82, 2.24) is 9.55 Å². The Balaban J connectivity index is 2.16. The van der Waals surface area contributed by atoms with Crippen LogP contribution in [0.15, 0.2) is 17.8 Å². The quantitative estimate of drug-likeness (QED) is 0.863. The van der Waals surface area contributed by atoms with E-state index in [1.54, 1.807) is 17.7 Å². The summed E-state index contributed by atoms with van der Waals surface area (Å²) in [6.07, 6.45) is 2.63. The SMILES string of the molecule is COC(=O)c1c(N)ncn1C1c2ccsc2CC1(C)C. The third-order valence-electron chi connectivity index (χ3n) is 3.91. The summed E-state index contributed by atoms with van der Waals surface area (Å²) in [5, 5.41) is 2.09. The lowest BCUT2D eigenvalue weighted by molar-refractivity contribution is 0.0585. The fourth-order valence-corrected chi connectivity index (χ4v) is 4.22. The van der Waals surface area contributed by atoms with Crippen LogP contribution in [0.5, 0.6) is 0 Å². The molecule has 0 saturated carbocycles. The minimum atomic E-state index is -0.445. The summed E-state index contributed by atoms with van der Waals surface area (Å²) in [6.45, 7) is 4.39. The zero-order valence-corrected chi connectivity index (χ0v) is 12.5. The van der Waals surface area contributed by atoms with E-state index < -0.39 is 5.97 Å². The van der Waals surface area contributed by atoms with E-state index in [-0.39, 0.29) is 17.3 Å². The molecule has 1 aliphatic rings. The van der Waals surface area contributed by atoms with Crippen molar-refractivity contribution in [1.29, 1.82) is 0 Å². The van der Waals surface area contributed by atoms with Crippen LogP contribution >= 0.6 is 11.3 Å². The highest BCUT2D eigenvalue weighted by molar-refractivity contribution is 7.10. The minimum absolute atomic E-state index is 0.0122. The molecule has 5 nitrogen and oxygen atoms in total. The second-order valence-corrected chi connectivity index (χ2v) is 6.74. The predicted octanol–water partition coefficient (Wildman–Crippen LogP) is 2.49. The fourth-order valence-electron chi connectivity index (χ4n) is 3.07. The highest BCUT2D eigenvalue weighted by Crippen LogP contribution is 2.50. The first-order valence-electron chi connectivity index (χ1n) is 6.42. The monoisotopic (exact) mass is 291 g/mol. The molecule has 0 fully saturated rings. The van der Waals surface area contributed by atoms with E-state index in [1.807, 2.05) is 4.57 Å². The number of nitrogens with zero attached hydrogens (tertiary/aromatic N) is 2. The number of nitrogens with two attached hydrogens (primary N) is 1. The first-order chi connectivity index (χ1) is 9.45. The molecule has 2 aromatic heterocycles. The number of methoxy groups -OCH3 is 1. The van der Waals surface area contributed by atoms with Crippen molar-refractivity contribution in [3.8, 4) is 0 Å². The molecule has 0 spiro atoms. The van der Waals surface area contributed by atoms with Crippen LogP contribution in [0.2, 0.25) is 0 Å². The summed E-state index contributed by atoms with van der Waals surface area (Å²) >= 11 is 1.76. The van der Waals surface area contributed by atoms with Gasteiger partial charge in [-0.3, -0.25) is 0 Å². The Morgan fingerprint density at radius 2 is 2.35 bits per heavy atom. The van der Waals surface area contributed by atoms with Crippen molar-refractivity contribution >= 4 is 23.1 Å². The van der Waals surface area contributed by atoms with Crippen LogP contribution < -0.4 is 5.73 Å². The molecule has 2 heterocycles. The molecule has 2 N–H and O–H groups in total. The third-order valence-corrected chi connectivity index (χ3v) is 4.85. The summed E-state index contributed by atoms with van der Waals surface area (Å²) in [4.78, 5) is 17.4. The number of carbonyl (C=O) groups excluding carboxylic acids is 1. The smallest absolute Gasteiger partial charge is 0.358 e. The standard InChI is InChI=1S/C14H17N3O2S/c1-14(2)6-9-8(4-5-20-9)11(14)17-7-16-12(15)10(17)13(18)19-3/h4-5,7,11H,6,15H2,1-3H3. The van der Waals surface area contributed by atoms with Gasteiger partial charge in [-0.15, -0.1) is 11.3 Å². The van der Waals surface area contributed by atoms with E-state index in [0.29, 0.717) is 5.69 Å². The molecule has 6 heteroatoms. The average molecular weight is 291 g/mol. The van der Waals surface area contributed by atoms with Crippen LogP contribution in [0.3, 0.4) is 0 Å². The van der Waals surface area contributed by atoms with Crippen LogP contribution in [0.1, 0.15) is 40.8 Å². The molecule has 0 radical (unpaired) electrons. The largest absolute Gasteiger partial charge is 0.464 e. The van der Waals surface area contributed by atoms with E-state index >= 15 is 0 Å². The van der Waals surface area contributed by atoms with Gasteiger partial charge in [-0.05, 0) is 28.8 Å². The Bertz CT molecular complexity index is 672. The summed E-state index contributed by atoms with van der Waals surface area (Å²) in [5.74, 6) is -0.226. The number of thiophene rings is 1. The third kappa shape index (κ3) is 1.75. The first-order valence-corrected chi connectivity index (χ1v) is 7.30. The Kier molecular flexibility index (Phi) is 2.86. The summed E-state index contributed by atoms with van der Waals surface area (Å²) in [5.41, 5.74) is 7.44. The van der Waals surface area contributed by atoms with Gasteiger partial charge in [0.1, 0.15) is 0 Å². The lowest BCUT2D eigenvalue weighted by Gasteiger charge is -2.29. The van der Waals surface area contributed by atoms with Crippen LogP contribution in [-0.4, -0.2) is 22.6 Å². The maximum Gasteiger partial charge on any atom is 0.358 e. The lowest BCUT2D eigenvalue weighted by Crippen LogP contribution is -2.27. The molecule has 20 heavy (non-hydrogen) atoms. The molecule has 0 aromatic carbocycles. The van der Waals surface area contributed by atoms with Gasteiger partial charge in [0.2, 0.25) is 0 Å². The number of carbonyl (C=O) groups is 1. The molecule has 1 unspecified atom stereocenters. The van der Waals surface area contributed by atoms with Crippen LogP contribution in [0.25, 0.3) is 0 Å². The van der Waals surface area contributed by atoms with Gasteiger partial charge < -0.3 is 15.0 Å². The number of fused-ring (bicyclic) bond motifs is 1. The number of nitrogen functional groups attached to an aromatic ring is 1. The second kappa shape index (κ2) is 4.34. The van der Waals surface area contributed by atoms with E-state index in [9.17, 15) is 4.79 Å². The Hall–Kier alpha value is -1.82. The maximum atomic E-state index is 12.0. The second-order valence-electron chi connectivity index (χ2n) is 5.74. The average Bonchev–Trinajstić information content (AvgIpc) is 3.01. The zero-order valence-electron chi connectivity index (χ0n) is 11.7. The minimum Gasteiger partial charge on any atom is -0.464 e. The van der Waals surface area contributed by atoms with Gasteiger partial charge in [-0.2, -0.15) is 0 Å². The van der Waals surface area contributed by atoms with E-state index in [4.69, 9.17) is 10.5 Å². The lowest BCUT2D eigenvalue weighted by atomic mass is 9.85. The molecule has 0 aliphatic heterocycles. The molecule has 106 valence electrons. The van der Waals surface area contributed by atoms with Crippen molar-refractivity contribution in [3.05, 3.63) is 33.9 Å². The zero-order chi connectivity index (χ0) is 14.5. The number of anilines is 1. The van der Waals surface area contributed by atoms with Crippen molar-refractivity contribution in [2.45, 2.75) is 26.3 Å². The Labute approximate surface area is 121 Å². The van der Waals surface area contributed by atoms with Crippen molar-refractivity contribution < 1.29 is 9.53 Å². The Morgan fingerprint density at radius 1 is 1.60 bits per heavy atom. The topological polar surface area (TPSA) is 70.1 Å². The Morgan fingerprint density at radius 3 is 3.05 bits per heavy atom. The number of hydrogen-bond donors (Lipinski definition) is 1. The molecule has 2 aromatic rings. The highest BCUT2D eigenvalue weighted by Gasteiger charge is 2.42. The number of ether oxygens (including phenoxy) is 1. The van der Waals surface area contributed by atoms with Crippen molar-refractivity contribution in [3.63, 3.8) is 0 Å². The molecule has 0 bridgehead atoms. The normalized spacial score (nSPS) is 19.9. The van der Waals surface area contributed by atoms with Gasteiger partial charge in [-0.1, -0.05) is 13.8 Å². The molecular formula is C14H17N3O2S. The fraction of sp³-hybridized carbons (Fsp3) is 0.429. The van der Waals surface area contributed by atoms with Gasteiger partial charge in [0, 0.05) is 4.88 Å². The van der Waals surface area contributed by atoms with E-state index in [2.05, 4.69) is 30.3 Å². The molecule has 0 saturated heterocycles. The van der Waals surface area contributed by atoms with E-state index in [1.165, 1.54) is 17.6 Å². The number of imidazole rings is 1. The maximum absolute atomic E-state index is 12.0.